The number of nitrogens with one attached hydrogen (secondary N) is 1. The van der Waals surface area contributed by atoms with E-state index in [2.05, 4.69) is 20.2 Å². The van der Waals surface area contributed by atoms with Crippen LogP contribution in [0.3, 0.4) is 0 Å². The maximum absolute atomic E-state index is 13.4. The number of anilines is 3. The van der Waals surface area contributed by atoms with Gasteiger partial charge in [0, 0.05) is 64.2 Å². The van der Waals surface area contributed by atoms with E-state index in [4.69, 9.17) is 9.72 Å². The molecule has 0 aliphatic carbocycles. The van der Waals surface area contributed by atoms with Gasteiger partial charge >= 0.3 is 0 Å². The van der Waals surface area contributed by atoms with E-state index in [0.717, 1.165) is 28.6 Å². The highest BCUT2D eigenvalue weighted by Gasteiger charge is 2.35. The van der Waals surface area contributed by atoms with Crippen molar-refractivity contribution < 1.29 is 4.74 Å². The van der Waals surface area contributed by atoms with Crippen LogP contribution in [-0.4, -0.2) is 65.5 Å². The molecule has 9 nitrogen and oxygen atoms in total. The molecule has 176 valence electrons. The molecule has 0 aromatic carbocycles. The first-order chi connectivity index (χ1) is 15.8. The third kappa shape index (κ3) is 4.58. The quantitative estimate of drug-likeness (QED) is 0.565. The topological polar surface area (TPSA) is 88.4 Å². The number of hydrogen-bond acceptors (Lipinski definition) is 9. The largest absolute Gasteiger partial charge is 0.374 e. The third-order valence-electron chi connectivity index (χ3n) is 5.93. The zero-order valence-electron chi connectivity index (χ0n) is 20.0. The monoisotopic (exact) mass is 469 g/mol. The summed E-state index contributed by atoms with van der Waals surface area (Å²) in [4.78, 5) is 31.3. The number of nitrogens with zero attached hydrogens (tertiary/aromatic N) is 6. The van der Waals surface area contributed by atoms with E-state index in [-0.39, 0.29) is 17.7 Å². The molecule has 0 bridgehead atoms. The molecule has 1 fully saturated rings. The number of aromatic nitrogens is 4. The van der Waals surface area contributed by atoms with Crippen molar-refractivity contribution in [2.24, 2.45) is 7.05 Å². The Balaban J connectivity index is 1.64. The second-order valence-corrected chi connectivity index (χ2v) is 9.35. The first kappa shape index (κ1) is 23.2. The SMILES string of the molecule is CCO[C@@H]1CN(c2nccs2)C[C@H]1Nc1c(C)nc(-c2cnc(N(C)C)cc2C)n(C)c1=O. The van der Waals surface area contributed by atoms with Crippen LogP contribution in [0.15, 0.2) is 28.6 Å². The Morgan fingerprint density at radius 1 is 1.27 bits per heavy atom. The Labute approximate surface area is 198 Å². The molecule has 1 aliphatic heterocycles. The Kier molecular flexibility index (Phi) is 6.66. The van der Waals surface area contributed by atoms with Gasteiger partial charge in [0.2, 0.25) is 0 Å². The van der Waals surface area contributed by atoms with Crippen LogP contribution in [0.1, 0.15) is 18.2 Å². The lowest BCUT2D eigenvalue weighted by molar-refractivity contribution is 0.0720. The molecule has 0 radical (unpaired) electrons. The van der Waals surface area contributed by atoms with Gasteiger partial charge in [-0.05, 0) is 32.4 Å². The molecular weight excluding hydrogens is 438 g/mol. The Morgan fingerprint density at radius 3 is 2.70 bits per heavy atom. The minimum absolute atomic E-state index is 0.0457. The van der Waals surface area contributed by atoms with Crippen molar-refractivity contribution in [3.63, 3.8) is 0 Å². The van der Waals surface area contributed by atoms with Gasteiger partial charge < -0.3 is 19.9 Å². The summed E-state index contributed by atoms with van der Waals surface area (Å²) in [6.45, 7) is 7.91. The minimum atomic E-state index is -0.114. The van der Waals surface area contributed by atoms with Gasteiger partial charge in [-0.1, -0.05) is 0 Å². The first-order valence-electron chi connectivity index (χ1n) is 11.0. The summed E-state index contributed by atoms with van der Waals surface area (Å²) in [5.41, 5.74) is 2.91. The van der Waals surface area contributed by atoms with Crippen molar-refractivity contribution in [1.82, 2.24) is 19.5 Å². The Hall–Kier alpha value is -2.98. The zero-order valence-corrected chi connectivity index (χ0v) is 20.8. The fourth-order valence-electron chi connectivity index (χ4n) is 4.14. The molecule has 3 aromatic heterocycles. The lowest BCUT2D eigenvalue weighted by Crippen LogP contribution is -2.38. The van der Waals surface area contributed by atoms with Crippen LogP contribution in [-0.2, 0) is 11.8 Å². The van der Waals surface area contributed by atoms with Crippen molar-refractivity contribution in [2.75, 3.05) is 48.9 Å². The summed E-state index contributed by atoms with van der Waals surface area (Å²) < 4.78 is 7.59. The molecule has 0 unspecified atom stereocenters. The predicted octanol–water partition coefficient (Wildman–Crippen LogP) is 2.69. The van der Waals surface area contributed by atoms with E-state index in [9.17, 15) is 4.79 Å². The van der Waals surface area contributed by atoms with Gasteiger partial charge in [0.25, 0.3) is 5.56 Å². The van der Waals surface area contributed by atoms with Crippen LogP contribution in [0, 0.1) is 13.8 Å². The molecule has 0 amide bonds. The van der Waals surface area contributed by atoms with E-state index in [1.807, 2.05) is 51.2 Å². The average molecular weight is 470 g/mol. The summed E-state index contributed by atoms with van der Waals surface area (Å²) in [6.07, 6.45) is 3.54. The molecule has 1 saturated heterocycles. The van der Waals surface area contributed by atoms with E-state index in [1.165, 1.54) is 0 Å². The molecule has 2 atom stereocenters. The second-order valence-electron chi connectivity index (χ2n) is 8.48. The van der Waals surface area contributed by atoms with Gasteiger partial charge in [0.05, 0.1) is 17.8 Å². The summed E-state index contributed by atoms with van der Waals surface area (Å²) in [5.74, 6) is 1.47. The van der Waals surface area contributed by atoms with Crippen molar-refractivity contribution in [1.29, 1.82) is 0 Å². The van der Waals surface area contributed by atoms with Crippen LogP contribution in [0.2, 0.25) is 0 Å². The first-order valence-corrected chi connectivity index (χ1v) is 11.9. The van der Waals surface area contributed by atoms with Gasteiger partial charge in [-0.25, -0.2) is 15.0 Å². The van der Waals surface area contributed by atoms with Crippen molar-refractivity contribution in [2.45, 2.75) is 32.9 Å². The molecular formula is C23H31N7O2S. The number of thiazole rings is 1. The summed E-state index contributed by atoms with van der Waals surface area (Å²) in [6, 6.07) is 1.96. The smallest absolute Gasteiger partial charge is 0.277 e. The van der Waals surface area contributed by atoms with E-state index >= 15 is 0 Å². The molecule has 33 heavy (non-hydrogen) atoms. The van der Waals surface area contributed by atoms with Crippen LogP contribution in [0.4, 0.5) is 16.6 Å². The van der Waals surface area contributed by atoms with Crippen LogP contribution >= 0.6 is 11.3 Å². The summed E-state index contributed by atoms with van der Waals surface area (Å²) >= 11 is 1.61. The highest BCUT2D eigenvalue weighted by atomic mass is 32.1. The average Bonchev–Trinajstić information content (AvgIpc) is 3.44. The summed E-state index contributed by atoms with van der Waals surface area (Å²) in [5, 5.41) is 6.39. The molecule has 0 spiro atoms. The lowest BCUT2D eigenvalue weighted by Gasteiger charge is -2.22. The molecule has 3 aromatic rings. The van der Waals surface area contributed by atoms with Gasteiger partial charge in [0.15, 0.2) is 5.13 Å². The number of pyridine rings is 1. The maximum Gasteiger partial charge on any atom is 0.277 e. The highest BCUT2D eigenvalue weighted by molar-refractivity contribution is 7.13. The molecule has 0 saturated carbocycles. The number of aryl methyl sites for hydroxylation is 2. The number of ether oxygens (including phenoxy) is 1. The van der Waals surface area contributed by atoms with Crippen molar-refractivity contribution in [3.05, 3.63) is 45.5 Å². The van der Waals surface area contributed by atoms with Crippen molar-refractivity contribution in [3.8, 4) is 11.4 Å². The molecule has 4 heterocycles. The van der Waals surface area contributed by atoms with E-state index < -0.39 is 0 Å². The van der Waals surface area contributed by atoms with Crippen LogP contribution < -0.4 is 20.7 Å². The molecule has 10 heteroatoms. The fraction of sp³-hybridized carbons (Fsp3) is 0.478. The molecule has 4 rings (SSSR count). The summed E-state index contributed by atoms with van der Waals surface area (Å²) in [7, 11) is 5.66. The minimum Gasteiger partial charge on any atom is -0.374 e. The highest BCUT2D eigenvalue weighted by Crippen LogP contribution is 2.27. The fourth-order valence-corrected chi connectivity index (χ4v) is 4.81. The van der Waals surface area contributed by atoms with E-state index in [1.54, 1.807) is 35.3 Å². The third-order valence-corrected chi connectivity index (χ3v) is 6.77. The standard InChI is InChI=1S/C23H31N7O2S/c1-7-32-18-13-30(23-24-8-9-33-23)12-17(18)27-20-15(3)26-21(29(6)22(20)31)16-11-25-19(28(4)5)10-14(16)2/h8-11,17-18,27H,7,12-13H2,1-6H3/t17-,18-/m1/s1. The molecule has 1 N–H and O–H groups in total. The normalized spacial score (nSPS) is 18.1. The Morgan fingerprint density at radius 2 is 2.06 bits per heavy atom. The number of rotatable bonds is 7. The number of hydrogen-bond donors (Lipinski definition) is 1. The van der Waals surface area contributed by atoms with Crippen LogP contribution in [0.25, 0.3) is 11.4 Å². The lowest BCUT2D eigenvalue weighted by atomic mass is 10.1. The van der Waals surface area contributed by atoms with Crippen molar-refractivity contribution >= 4 is 28.0 Å². The van der Waals surface area contributed by atoms with Gasteiger partial charge in [-0.15, -0.1) is 11.3 Å². The molecule has 1 aliphatic rings. The van der Waals surface area contributed by atoms with Gasteiger partial charge in [-0.2, -0.15) is 0 Å². The predicted molar refractivity (Wildman–Crippen MR) is 134 cm³/mol. The zero-order chi connectivity index (χ0) is 23.7. The second kappa shape index (κ2) is 9.48. The Bertz CT molecular complexity index is 1180. The van der Waals surface area contributed by atoms with Crippen LogP contribution in [0.5, 0.6) is 0 Å². The van der Waals surface area contributed by atoms with Gasteiger partial charge in [0.1, 0.15) is 17.3 Å². The van der Waals surface area contributed by atoms with Gasteiger partial charge in [-0.3, -0.25) is 9.36 Å². The van der Waals surface area contributed by atoms with E-state index in [0.29, 0.717) is 30.4 Å². The maximum atomic E-state index is 13.4.